The zero-order chi connectivity index (χ0) is 14.1. The first kappa shape index (κ1) is 12.8. The number of nitrogens with zero attached hydrogens (tertiary/aromatic N) is 2. The first-order chi connectivity index (χ1) is 9.70. The van der Waals surface area contributed by atoms with Crippen molar-refractivity contribution in [2.75, 3.05) is 7.11 Å². The average Bonchev–Trinajstić information content (AvgIpc) is 2.48. The van der Waals surface area contributed by atoms with Gasteiger partial charge in [0.1, 0.15) is 22.2 Å². The van der Waals surface area contributed by atoms with Crippen LogP contribution >= 0.6 is 11.6 Å². The predicted octanol–water partition coefficient (Wildman–Crippen LogP) is 4.10. The minimum absolute atomic E-state index is 0.202. The molecule has 0 N–H and O–H groups in total. The minimum atomic E-state index is -0.428. The van der Waals surface area contributed by atoms with Crippen LogP contribution in [0.5, 0.6) is 5.75 Å². The number of ether oxygens (including phenoxy) is 1. The van der Waals surface area contributed by atoms with Crippen LogP contribution in [0.4, 0.5) is 4.39 Å². The van der Waals surface area contributed by atoms with Gasteiger partial charge in [-0.1, -0.05) is 29.8 Å². The molecule has 0 spiro atoms. The number of halogens is 2. The lowest BCUT2D eigenvalue weighted by molar-refractivity contribution is 0.416. The van der Waals surface area contributed by atoms with Crippen LogP contribution in [-0.2, 0) is 0 Å². The quantitative estimate of drug-likeness (QED) is 0.666. The van der Waals surface area contributed by atoms with Gasteiger partial charge in [0.2, 0.25) is 0 Å². The molecule has 3 nitrogen and oxygen atoms in total. The van der Waals surface area contributed by atoms with Crippen LogP contribution in [-0.4, -0.2) is 17.1 Å². The molecule has 0 aliphatic rings. The molecule has 0 bridgehead atoms. The number of fused-ring (bicyclic) bond motifs is 1. The molecule has 1 aromatic heterocycles. The molecule has 0 amide bonds. The molecule has 0 unspecified atom stereocenters. The van der Waals surface area contributed by atoms with E-state index in [1.807, 2.05) is 12.1 Å². The zero-order valence-corrected chi connectivity index (χ0v) is 11.4. The molecular formula is C15H10ClFN2O. The van der Waals surface area contributed by atoms with Gasteiger partial charge in [0.15, 0.2) is 5.82 Å². The molecule has 3 rings (SSSR count). The summed E-state index contributed by atoms with van der Waals surface area (Å²) < 4.78 is 19.1. The van der Waals surface area contributed by atoms with Gasteiger partial charge in [-0.05, 0) is 24.3 Å². The molecule has 20 heavy (non-hydrogen) atoms. The summed E-state index contributed by atoms with van der Waals surface area (Å²) in [4.78, 5) is 8.49. The molecule has 0 saturated carbocycles. The van der Waals surface area contributed by atoms with Gasteiger partial charge in [-0.15, -0.1) is 0 Å². The van der Waals surface area contributed by atoms with Crippen molar-refractivity contribution in [3.05, 3.63) is 53.4 Å². The Morgan fingerprint density at radius 1 is 1.05 bits per heavy atom. The van der Waals surface area contributed by atoms with Crippen molar-refractivity contribution >= 4 is 22.5 Å². The van der Waals surface area contributed by atoms with Crippen LogP contribution in [0.15, 0.2) is 42.5 Å². The minimum Gasteiger partial charge on any atom is -0.496 e. The standard InChI is InChI=1S/C15H10ClFN2O/c1-20-12-8-3-2-5-9(12)15-18-13-10(14(16)19-15)6-4-7-11(13)17/h2-8H,1H3. The summed E-state index contributed by atoms with van der Waals surface area (Å²) in [6, 6.07) is 11.9. The number of methoxy groups -OCH3 is 1. The number of benzene rings is 2. The van der Waals surface area contributed by atoms with Crippen molar-refractivity contribution in [3.63, 3.8) is 0 Å². The SMILES string of the molecule is COc1ccccc1-c1nc(Cl)c2cccc(F)c2n1. The van der Waals surface area contributed by atoms with Crippen molar-refractivity contribution in [2.24, 2.45) is 0 Å². The topological polar surface area (TPSA) is 35.0 Å². The Hall–Kier alpha value is -2.20. The summed E-state index contributed by atoms with van der Waals surface area (Å²) in [5, 5.41) is 0.709. The molecule has 0 saturated heterocycles. The highest BCUT2D eigenvalue weighted by Crippen LogP contribution is 2.31. The maximum absolute atomic E-state index is 13.9. The van der Waals surface area contributed by atoms with Gasteiger partial charge in [0.25, 0.3) is 0 Å². The predicted molar refractivity (Wildman–Crippen MR) is 76.5 cm³/mol. The molecule has 0 atom stereocenters. The number of aromatic nitrogens is 2. The lowest BCUT2D eigenvalue weighted by Crippen LogP contribution is -1.96. The van der Waals surface area contributed by atoms with Gasteiger partial charge in [0, 0.05) is 5.39 Å². The fourth-order valence-electron chi connectivity index (χ4n) is 2.03. The molecule has 2 aromatic carbocycles. The van der Waals surface area contributed by atoms with E-state index in [1.54, 1.807) is 31.4 Å². The number of hydrogen-bond donors (Lipinski definition) is 0. The van der Waals surface area contributed by atoms with E-state index in [2.05, 4.69) is 9.97 Å². The summed E-state index contributed by atoms with van der Waals surface area (Å²) in [6.07, 6.45) is 0. The van der Waals surface area contributed by atoms with E-state index < -0.39 is 5.82 Å². The second-order valence-corrected chi connectivity index (χ2v) is 4.53. The van der Waals surface area contributed by atoms with Gasteiger partial charge >= 0.3 is 0 Å². The largest absolute Gasteiger partial charge is 0.496 e. The molecule has 0 aliphatic heterocycles. The van der Waals surface area contributed by atoms with Crippen LogP contribution in [0, 0.1) is 5.82 Å². The van der Waals surface area contributed by atoms with Crippen molar-refractivity contribution in [1.29, 1.82) is 0 Å². The first-order valence-electron chi connectivity index (χ1n) is 5.96. The van der Waals surface area contributed by atoms with Gasteiger partial charge in [-0.2, -0.15) is 0 Å². The van der Waals surface area contributed by atoms with Gasteiger partial charge < -0.3 is 4.74 Å². The first-order valence-corrected chi connectivity index (χ1v) is 6.33. The summed E-state index contributed by atoms with van der Waals surface area (Å²) in [6.45, 7) is 0. The zero-order valence-electron chi connectivity index (χ0n) is 10.6. The molecular weight excluding hydrogens is 279 g/mol. The third-order valence-corrected chi connectivity index (χ3v) is 3.27. The lowest BCUT2D eigenvalue weighted by Gasteiger charge is -2.08. The van der Waals surface area contributed by atoms with Gasteiger partial charge in [-0.25, -0.2) is 14.4 Å². The average molecular weight is 289 g/mol. The number of para-hydroxylation sites is 2. The van der Waals surface area contributed by atoms with E-state index in [4.69, 9.17) is 16.3 Å². The third kappa shape index (κ3) is 2.08. The second kappa shape index (κ2) is 5.06. The van der Waals surface area contributed by atoms with Crippen molar-refractivity contribution in [3.8, 4) is 17.1 Å². The van der Waals surface area contributed by atoms with Crippen molar-refractivity contribution < 1.29 is 9.13 Å². The summed E-state index contributed by atoms with van der Waals surface area (Å²) in [5.74, 6) is 0.521. The number of hydrogen-bond acceptors (Lipinski definition) is 3. The van der Waals surface area contributed by atoms with E-state index in [1.165, 1.54) is 6.07 Å². The highest BCUT2D eigenvalue weighted by atomic mass is 35.5. The molecule has 0 aliphatic carbocycles. The van der Waals surface area contributed by atoms with E-state index in [0.29, 0.717) is 22.5 Å². The normalized spacial score (nSPS) is 10.8. The lowest BCUT2D eigenvalue weighted by atomic mass is 10.1. The Labute approximate surface area is 120 Å². The summed E-state index contributed by atoms with van der Waals surface area (Å²) >= 11 is 6.12. The van der Waals surface area contributed by atoms with Crippen molar-refractivity contribution in [2.45, 2.75) is 0 Å². The monoisotopic (exact) mass is 288 g/mol. The fraction of sp³-hybridized carbons (Fsp3) is 0.0667. The highest BCUT2D eigenvalue weighted by Gasteiger charge is 2.13. The van der Waals surface area contributed by atoms with Crippen molar-refractivity contribution in [1.82, 2.24) is 9.97 Å². The molecule has 5 heteroatoms. The Bertz CT molecular complexity index is 792. The van der Waals surface area contributed by atoms with E-state index in [0.717, 1.165) is 0 Å². The van der Waals surface area contributed by atoms with Gasteiger partial charge in [0.05, 0.1) is 12.7 Å². The Morgan fingerprint density at radius 3 is 2.65 bits per heavy atom. The van der Waals surface area contributed by atoms with Crippen LogP contribution in [0.25, 0.3) is 22.3 Å². The third-order valence-electron chi connectivity index (χ3n) is 2.98. The molecule has 1 heterocycles. The molecule has 0 radical (unpaired) electrons. The summed E-state index contributed by atoms with van der Waals surface area (Å²) in [7, 11) is 1.56. The molecule has 100 valence electrons. The Morgan fingerprint density at radius 2 is 1.85 bits per heavy atom. The fourth-order valence-corrected chi connectivity index (χ4v) is 2.26. The maximum atomic E-state index is 13.9. The van der Waals surface area contributed by atoms with E-state index in [9.17, 15) is 4.39 Å². The maximum Gasteiger partial charge on any atom is 0.165 e. The van der Waals surface area contributed by atoms with Crippen LogP contribution in [0.3, 0.4) is 0 Å². The van der Waals surface area contributed by atoms with Gasteiger partial charge in [-0.3, -0.25) is 0 Å². The van der Waals surface area contributed by atoms with E-state index in [-0.39, 0.29) is 10.7 Å². The Kier molecular flexibility index (Phi) is 3.24. The Balaban J connectivity index is 2.30. The number of rotatable bonds is 2. The summed E-state index contributed by atoms with van der Waals surface area (Å²) in [5.41, 5.74) is 0.871. The second-order valence-electron chi connectivity index (χ2n) is 4.17. The van der Waals surface area contributed by atoms with E-state index >= 15 is 0 Å². The molecule has 3 aromatic rings. The smallest absolute Gasteiger partial charge is 0.165 e. The van der Waals surface area contributed by atoms with Crippen LogP contribution < -0.4 is 4.74 Å². The van der Waals surface area contributed by atoms with Crippen LogP contribution in [0.2, 0.25) is 5.15 Å². The highest BCUT2D eigenvalue weighted by molar-refractivity contribution is 6.34. The van der Waals surface area contributed by atoms with Crippen LogP contribution in [0.1, 0.15) is 0 Å². The molecule has 0 fully saturated rings.